The molecule has 0 aliphatic heterocycles. The Balaban J connectivity index is 2.04. The molecule has 2 rings (SSSR count). The fourth-order valence-corrected chi connectivity index (χ4v) is 1.83. The van der Waals surface area contributed by atoms with Gasteiger partial charge in [-0.2, -0.15) is 0 Å². The molecule has 0 atom stereocenters. The minimum atomic E-state index is -1.03. The van der Waals surface area contributed by atoms with Gasteiger partial charge >= 0.3 is 5.97 Å². The molecule has 0 bridgehead atoms. The summed E-state index contributed by atoms with van der Waals surface area (Å²) in [5.41, 5.74) is 2.23. The molecule has 1 heterocycles. The highest BCUT2D eigenvalue weighted by molar-refractivity contribution is 5.86. The Bertz CT molecular complexity index is 577. The van der Waals surface area contributed by atoms with E-state index in [1.165, 1.54) is 18.0 Å². The molecular weight excluding hydrogens is 254 g/mol. The van der Waals surface area contributed by atoms with Gasteiger partial charge in [0.1, 0.15) is 0 Å². The second-order valence-corrected chi connectivity index (χ2v) is 5.02. The minimum Gasteiger partial charge on any atom is -0.478 e. The summed E-state index contributed by atoms with van der Waals surface area (Å²) in [5, 5.41) is 11.8. The van der Waals surface area contributed by atoms with Crippen LogP contribution in [0.5, 0.6) is 0 Å². The quantitative estimate of drug-likeness (QED) is 0.873. The molecule has 0 unspecified atom stereocenters. The van der Waals surface area contributed by atoms with E-state index in [-0.39, 0.29) is 5.56 Å². The zero-order valence-electron chi connectivity index (χ0n) is 11.5. The van der Waals surface area contributed by atoms with Crippen molar-refractivity contribution < 1.29 is 9.90 Å². The van der Waals surface area contributed by atoms with E-state index in [2.05, 4.69) is 41.3 Å². The molecule has 2 aromatic rings. The molecule has 1 aromatic carbocycles. The molecule has 0 spiro atoms. The van der Waals surface area contributed by atoms with Crippen molar-refractivity contribution >= 4 is 17.6 Å². The maximum absolute atomic E-state index is 10.7. The lowest BCUT2D eigenvalue weighted by Gasteiger charge is -2.07. The number of nitrogens with one attached hydrogen (secondary N) is 1. The van der Waals surface area contributed by atoms with Crippen molar-refractivity contribution in [2.75, 3.05) is 5.32 Å². The van der Waals surface area contributed by atoms with Gasteiger partial charge in [-0.1, -0.05) is 26.0 Å². The maximum atomic E-state index is 10.7. The Kier molecular flexibility index (Phi) is 4.30. The van der Waals surface area contributed by atoms with Crippen molar-refractivity contribution in [1.29, 1.82) is 0 Å². The monoisotopic (exact) mass is 271 g/mol. The van der Waals surface area contributed by atoms with Crippen LogP contribution in [0.3, 0.4) is 0 Å². The zero-order chi connectivity index (χ0) is 14.5. The molecule has 20 heavy (non-hydrogen) atoms. The van der Waals surface area contributed by atoms with Crippen molar-refractivity contribution in [2.24, 2.45) is 5.92 Å². The van der Waals surface area contributed by atoms with E-state index < -0.39 is 5.97 Å². The largest absolute Gasteiger partial charge is 0.478 e. The highest BCUT2D eigenvalue weighted by Crippen LogP contribution is 2.15. The number of rotatable bonds is 5. The molecule has 5 nitrogen and oxygen atoms in total. The first-order chi connectivity index (χ1) is 9.54. The van der Waals surface area contributed by atoms with Crippen LogP contribution >= 0.6 is 0 Å². The third-order valence-corrected chi connectivity index (χ3v) is 2.75. The Morgan fingerprint density at radius 1 is 1.20 bits per heavy atom. The standard InChI is InChI=1S/C15H17N3O2/c1-10(2)7-11-3-5-13(6-4-11)18-15-16-8-12(9-17-15)14(19)20/h3-6,8-10H,7H2,1-2H3,(H,19,20)(H,16,17,18). The summed E-state index contributed by atoms with van der Waals surface area (Å²) in [4.78, 5) is 18.6. The van der Waals surface area contributed by atoms with Crippen LogP contribution in [0, 0.1) is 5.92 Å². The number of aromatic carboxylic acids is 1. The van der Waals surface area contributed by atoms with Crippen LogP contribution < -0.4 is 5.32 Å². The molecule has 0 saturated heterocycles. The summed E-state index contributed by atoms with van der Waals surface area (Å²) in [6, 6.07) is 8.06. The molecule has 2 N–H and O–H groups in total. The van der Waals surface area contributed by atoms with Crippen LogP contribution in [0.4, 0.5) is 11.6 Å². The van der Waals surface area contributed by atoms with Crippen molar-refractivity contribution in [3.63, 3.8) is 0 Å². The van der Waals surface area contributed by atoms with Crippen LogP contribution in [-0.2, 0) is 6.42 Å². The molecule has 5 heteroatoms. The number of carboxylic acids is 1. The Morgan fingerprint density at radius 2 is 1.80 bits per heavy atom. The van der Waals surface area contributed by atoms with Crippen LogP contribution in [0.15, 0.2) is 36.7 Å². The number of nitrogens with zero attached hydrogens (tertiary/aromatic N) is 2. The van der Waals surface area contributed by atoms with Crippen molar-refractivity contribution in [3.8, 4) is 0 Å². The average Bonchev–Trinajstić information content (AvgIpc) is 2.41. The van der Waals surface area contributed by atoms with Gasteiger partial charge in [0.05, 0.1) is 5.56 Å². The van der Waals surface area contributed by atoms with Gasteiger partial charge in [-0.25, -0.2) is 14.8 Å². The molecule has 0 aliphatic carbocycles. The lowest BCUT2D eigenvalue weighted by Crippen LogP contribution is -2.02. The van der Waals surface area contributed by atoms with E-state index in [0.29, 0.717) is 11.9 Å². The lowest BCUT2D eigenvalue weighted by molar-refractivity contribution is 0.0696. The highest BCUT2D eigenvalue weighted by atomic mass is 16.4. The van der Waals surface area contributed by atoms with Crippen LogP contribution in [0.25, 0.3) is 0 Å². The average molecular weight is 271 g/mol. The number of carbonyl (C=O) groups is 1. The molecule has 0 amide bonds. The minimum absolute atomic E-state index is 0.0721. The highest BCUT2D eigenvalue weighted by Gasteiger charge is 2.04. The van der Waals surface area contributed by atoms with Crippen LogP contribution in [0.1, 0.15) is 29.8 Å². The molecule has 0 aliphatic rings. The zero-order valence-corrected chi connectivity index (χ0v) is 11.5. The van der Waals surface area contributed by atoms with E-state index in [0.717, 1.165) is 12.1 Å². The second-order valence-electron chi connectivity index (χ2n) is 5.02. The van der Waals surface area contributed by atoms with Gasteiger partial charge in [0.15, 0.2) is 0 Å². The predicted molar refractivity (Wildman–Crippen MR) is 77.3 cm³/mol. The summed E-state index contributed by atoms with van der Waals surface area (Å²) in [7, 11) is 0. The molecular formula is C15H17N3O2. The SMILES string of the molecule is CC(C)Cc1ccc(Nc2ncc(C(=O)O)cn2)cc1. The lowest BCUT2D eigenvalue weighted by atomic mass is 10.0. The van der Waals surface area contributed by atoms with Gasteiger partial charge in [-0.3, -0.25) is 0 Å². The summed E-state index contributed by atoms with van der Waals surface area (Å²) < 4.78 is 0. The first-order valence-electron chi connectivity index (χ1n) is 6.46. The van der Waals surface area contributed by atoms with E-state index >= 15 is 0 Å². The van der Waals surface area contributed by atoms with Gasteiger partial charge in [-0.15, -0.1) is 0 Å². The van der Waals surface area contributed by atoms with E-state index in [1.54, 1.807) is 0 Å². The Hall–Kier alpha value is -2.43. The predicted octanol–water partition coefficient (Wildman–Crippen LogP) is 3.12. The fourth-order valence-electron chi connectivity index (χ4n) is 1.83. The molecule has 1 aromatic heterocycles. The summed E-state index contributed by atoms with van der Waals surface area (Å²) in [6.07, 6.45) is 3.61. The van der Waals surface area contributed by atoms with Crippen LogP contribution in [0.2, 0.25) is 0 Å². The van der Waals surface area contributed by atoms with Crippen molar-refractivity contribution in [2.45, 2.75) is 20.3 Å². The summed E-state index contributed by atoms with van der Waals surface area (Å²) in [5.74, 6) is -0.0260. The third kappa shape index (κ3) is 3.78. The third-order valence-electron chi connectivity index (χ3n) is 2.75. The van der Waals surface area contributed by atoms with Gasteiger partial charge in [0.25, 0.3) is 0 Å². The first kappa shape index (κ1) is 14.0. The summed E-state index contributed by atoms with van der Waals surface area (Å²) in [6.45, 7) is 4.37. The molecule has 0 radical (unpaired) electrons. The van der Waals surface area contributed by atoms with Crippen LogP contribution in [-0.4, -0.2) is 21.0 Å². The number of benzene rings is 1. The number of hydrogen-bond donors (Lipinski definition) is 2. The molecule has 0 fully saturated rings. The van der Waals surface area contributed by atoms with E-state index in [4.69, 9.17) is 5.11 Å². The van der Waals surface area contributed by atoms with Crippen molar-refractivity contribution in [1.82, 2.24) is 9.97 Å². The normalized spacial score (nSPS) is 10.6. The maximum Gasteiger partial charge on any atom is 0.338 e. The van der Waals surface area contributed by atoms with Gasteiger partial charge < -0.3 is 10.4 Å². The van der Waals surface area contributed by atoms with Gasteiger partial charge in [0.2, 0.25) is 5.95 Å². The van der Waals surface area contributed by atoms with E-state index in [1.807, 2.05) is 12.1 Å². The molecule has 104 valence electrons. The van der Waals surface area contributed by atoms with Gasteiger partial charge in [0, 0.05) is 18.1 Å². The van der Waals surface area contributed by atoms with E-state index in [9.17, 15) is 4.79 Å². The molecule has 0 saturated carbocycles. The fraction of sp³-hybridized carbons (Fsp3) is 0.267. The smallest absolute Gasteiger partial charge is 0.338 e. The van der Waals surface area contributed by atoms with Crippen molar-refractivity contribution in [3.05, 3.63) is 47.8 Å². The Labute approximate surface area is 117 Å². The topological polar surface area (TPSA) is 75.1 Å². The Morgan fingerprint density at radius 3 is 2.30 bits per heavy atom. The first-order valence-corrected chi connectivity index (χ1v) is 6.46. The summed E-state index contributed by atoms with van der Waals surface area (Å²) >= 11 is 0. The number of aromatic nitrogens is 2. The number of carboxylic acid groups (broad SMARTS) is 1. The number of hydrogen-bond acceptors (Lipinski definition) is 4. The second kappa shape index (κ2) is 6.14. The van der Waals surface area contributed by atoms with Gasteiger partial charge in [-0.05, 0) is 30.0 Å². The number of anilines is 2.